The summed E-state index contributed by atoms with van der Waals surface area (Å²) in [6.45, 7) is 0. The fraction of sp³-hybridized carbons (Fsp3) is 0.462. The highest BCUT2D eigenvalue weighted by Crippen LogP contribution is 2.17. The molecule has 0 aromatic carbocycles. The van der Waals surface area contributed by atoms with Crippen LogP contribution in [0.5, 0.6) is 0 Å². The van der Waals surface area contributed by atoms with E-state index in [0.29, 0.717) is 11.6 Å². The highest BCUT2D eigenvalue weighted by molar-refractivity contribution is 5.96. The van der Waals surface area contributed by atoms with Crippen molar-refractivity contribution in [3.63, 3.8) is 0 Å². The summed E-state index contributed by atoms with van der Waals surface area (Å²) in [5, 5.41) is 6.04. The van der Waals surface area contributed by atoms with E-state index in [9.17, 15) is 4.79 Å². The molecule has 1 amide bonds. The van der Waals surface area contributed by atoms with E-state index in [1.54, 1.807) is 18.5 Å². The van der Waals surface area contributed by atoms with Crippen LogP contribution < -0.4 is 10.6 Å². The number of carbonyl (C=O) groups excluding carboxylic acids is 1. The Balaban J connectivity index is 1.91. The molecule has 0 unspecified atom stereocenters. The molecule has 0 atom stereocenters. The molecule has 1 saturated carbocycles. The molecule has 86 valence electrons. The minimum absolute atomic E-state index is 0.0384. The number of hydrogen-bond donors (Lipinski definition) is 2. The summed E-state index contributed by atoms with van der Waals surface area (Å²) in [6.07, 6.45) is 15.1. The van der Waals surface area contributed by atoms with E-state index in [1.165, 1.54) is 19.3 Å². The maximum atomic E-state index is 11.9. The van der Waals surface area contributed by atoms with E-state index in [0.717, 1.165) is 12.8 Å². The molecular formula is C13H18N2O. The number of amides is 1. The quantitative estimate of drug-likeness (QED) is 0.744. The van der Waals surface area contributed by atoms with Gasteiger partial charge in [0.2, 0.25) is 0 Å². The Morgan fingerprint density at radius 1 is 1.25 bits per heavy atom. The predicted octanol–water partition coefficient (Wildman–Crippen LogP) is 1.99. The number of carbonyl (C=O) groups is 1. The van der Waals surface area contributed by atoms with Crippen LogP contribution in [0.4, 0.5) is 0 Å². The molecule has 3 heteroatoms. The van der Waals surface area contributed by atoms with Crippen LogP contribution in [-0.2, 0) is 4.79 Å². The Kier molecular flexibility index (Phi) is 3.81. The number of hydrogen-bond acceptors (Lipinski definition) is 2. The second-order valence-electron chi connectivity index (χ2n) is 4.29. The summed E-state index contributed by atoms with van der Waals surface area (Å²) in [5.74, 6) is 0.0384. The summed E-state index contributed by atoms with van der Waals surface area (Å²) in [5.41, 5.74) is 0.715. The second-order valence-corrected chi connectivity index (χ2v) is 4.29. The Morgan fingerprint density at radius 3 is 2.88 bits per heavy atom. The largest absolute Gasteiger partial charge is 0.368 e. The maximum Gasteiger partial charge on any atom is 0.251 e. The van der Waals surface area contributed by atoms with Crippen molar-refractivity contribution < 1.29 is 4.79 Å². The molecule has 1 aliphatic heterocycles. The van der Waals surface area contributed by atoms with Crippen molar-refractivity contribution >= 4 is 5.91 Å². The van der Waals surface area contributed by atoms with Crippen LogP contribution in [0.1, 0.15) is 32.1 Å². The standard InChI is InChI=1S/C13H18N2O/c16-13(11-5-4-9-14-10-8-11)15-12-6-2-1-3-7-12/h4-5,8-10,12,14H,1-3,6-7H2,(H,15,16). The van der Waals surface area contributed by atoms with Crippen molar-refractivity contribution in [2.24, 2.45) is 0 Å². The first-order valence-electron chi connectivity index (χ1n) is 5.96. The van der Waals surface area contributed by atoms with Gasteiger partial charge in [-0.1, -0.05) is 19.3 Å². The second kappa shape index (κ2) is 5.54. The predicted molar refractivity (Wildman–Crippen MR) is 64.5 cm³/mol. The minimum atomic E-state index is 0.0384. The third-order valence-corrected chi connectivity index (χ3v) is 3.03. The summed E-state index contributed by atoms with van der Waals surface area (Å²) in [7, 11) is 0. The topological polar surface area (TPSA) is 41.1 Å². The average molecular weight is 218 g/mol. The Bertz CT molecular complexity index is 336. The van der Waals surface area contributed by atoms with Gasteiger partial charge in [-0.3, -0.25) is 4.79 Å². The highest BCUT2D eigenvalue weighted by atomic mass is 16.1. The highest BCUT2D eigenvalue weighted by Gasteiger charge is 2.16. The zero-order valence-corrected chi connectivity index (χ0v) is 9.41. The van der Waals surface area contributed by atoms with Crippen LogP contribution in [0.2, 0.25) is 0 Å². The van der Waals surface area contributed by atoms with E-state index >= 15 is 0 Å². The molecule has 0 aromatic heterocycles. The summed E-state index contributed by atoms with van der Waals surface area (Å²) in [6, 6.07) is 0.371. The van der Waals surface area contributed by atoms with Gasteiger partial charge >= 0.3 is 0 Å². The molecule has 0 radical (unpaired) electrons. The molecule has 2 aliphatic rings. The summed E-state index contributed by atoms with van der Waals surface area (Å²) >= 11 is 0. The van der Waals surface area contributed by atoms with Crippen molar-refractivity contribution in [2.45, 2.75) is 38.1 Å². The van der Waals surface area contributed by atoms with Gasteiger partial charge in [-0.15, -0.1) is 0 Å². The SMILES string of the molecule is O=C(NC1CCCCC1)C1=CC=CNC=C1. The van der Waals surface area contributed by atoms with Crippen LogP contribution in [0.15, 0.2) is 36.2 Å². The fourth-order valence-corrected chi connectivity index (χ4v) is 2.12. The van der Waals surface area contributed by atoms with Gasteiger partial charge in [0.05, 0.1) is 0 Å². The van der Waals surface area contributed by atoms with Crippen molar-refractivity contribution in [2.75, 3.05) is 0 Å². The zero-order chi connectivity index (χ0) is 11.2. The van der Waals surface area contributed by atoms with Crippen molar-refractivity contribution in [3.8, 4) is 0 Å². The lowest BCUT2D eigenvalue weighted by Crippen LogP contribution is -2.36. The van der Waals surface area contributed by atoms with Crippen molar-refractivity contribution in [1.29, 1.82) is 0 Å². The molecule has 1 aliphatic carbocycles. The zero-order valence-electron chi connectivity index (χ0n) is 9.41. The molecular weight excluding hydrogens is 200 g/mol. The average Bonchev–Trinajstić information content (AvgIpc) is 2.59. The van der Waals surface area contributed by atoms with E-state index in [2.05, 4.69) is 10.6 Å². The lowest BCUT2D eigenvalue weighted by atomic mass is 9.95. The van der Waals surface area contributed by atoms with Crippen LogP contribution in [0, 0.1) is 0 Å². The first-order valence-corrected chi connectivity index (χ1v) is 5.96. The van der Waals surface area contributed by atoms with E-state index in [4.69, 9.17) is 0 Å². The number of rotatable bonds is 2. The van der Waals surface area contributed by atoms with E-state index in [1.807, 2.05) is 12.2 Å². The lowest BCUT2D eigenvalue weighted by Gasteiger charge is -2.22. The van der Waals surface area contributed by atoms with Gasteiger partial charge in [0, 0.05) is 24.0 Å². The third-order valence-electron chi connectivity index (χ3n) is 3.03. The Labute approximate surface area is 96.3 Å². The molecule has 3 nitrogen and oxygen atoms in total. The minimum Gasteiger partial charge on any atom is -0.368 e. The van der Waals surface area contributed by atoms with Gasteiger partial charge in [-0.05, 0) is 31.1 Å². The molecule has 1 heterocycles. The molecule has 0 bridgehead atoms. The van der Waals surface area contributed by atoms with Gasteiger partial charge in [0.25, 0.3) is 5.91 Å². The Morgan fingerprint density at radius 2 is 2.06 bits per heavy atom. The van der Waals surface area contributed by atoms with Gasteiger partial charge in [0.15, 0.2) is 0 Å². The molecule has 16 heavy (non-hydrogen) atoms. The van der Waals surface area contributed by atoms with Gasteiger partial charge in [-0.2, -0.15) is 0 Å². The summed E-state index contributed by atoms with van der Waals surface area (Å²) < 4.78 is 0. The van der Waals surface area contributed by atoms with Crippen LogP contribution in [-0.4, -0.2) is 11.9 Å². The van der Waals surface area contributed by atoms with Gasteiger partial charge in [-0.25, -0.2) is 0 Å². The van der Waals surface area contributed by atoms with Gasteiger partial charge < -0.3 is 10.6 Å². The molecule has 1 fully saturated rings. The van der Waals surface area contributed by atoms with Crippen LogP contribution in [0.25, 0.3) is 0 Å². The third kappa shape index (κ3) is 2.99. The Hall–Kier alpha value is -1.51. The van der Waals surface area contributed by atoms with Crippen molar-refractivity contribution in [3.05, 3.63) is 36.2 Å². The fourth-order valence-electron chi connectivity index (χ4n) is 2.12. The van der Waals surface area contributed by atoms with Crippen molar-refractivity contribution in [1.82, 2.24) is 10.6 Å². The maximum absolute atomic E-state index is 11.9. The summed E-state index contributed by atoms with van der Waals surface area (Å²) in [4.78, 5) is 11.9. The van der Waals surface area contributed by atoms with Gasteiger partial charge in [0.1, 0.15) is 0 Å². The molecule has 0 spiro atoms. The first-order chi connectivity index (χ1) is 7.86. The molecule has 0 saturated heterocycles. The van der Waals surface area contributed by atoms with Crippen LogP contribution >= 0.6 is 0 Å². The van der Waals surface area contributed by atoms with Crippen LogP contribution in [0.3, 0.4) is 0 Å². The molecule has 2 rings (SSSR count). The smallest absolute Gasteiger partial charge is 0.251 e. The monoisotopic (exact) mass is 218 g/mol. The van der Waals surface area contributed by atoms with E-state index < -0.39 is 0 Å². The number of nitrogens with one attached hydrogen (secondary N) is 2. The van der Waals surface area contributed by atoms with E-state index in [-0.39, 0.29) is 5.91 Å². The molecule has 0 aromatic rings. The number of allylic oxidation sites excluding steroid dienone is 2. The first kappa shape index (κ1) is 11.0. The lowest BCUT2D eigenvalue weighted by molar-refractivity contribution is -0.118. The molecule has 2 N–H and O–H groups in total. The normalized spacial score (nSPS) is 20.9.